The number of aliphatic hydroxyl groups excluding tert-OH is 1. The summed E-state index contributed by atoms with van der Waals surface area (Å²) in [6, 6.07) is 0. The highest BCUT2D eigenvalue weighted by Crippen LogP contribution is 2.40. The van der Waals surface area contributed by atoms with Crippen LogP contribution in [0.2, 0.25) is 0 Å². The number of alkyl halides is 3. The Morgan fingerprint density at radius 1 is 1.30 bits per heavy atom. The molecule has 0 aromatic heterocycles. The van der Waals surface area contributed by atoms with Gasteiger partial charge in [0.25, 0.3) is 0 Å². The lowest BCUT2D eigenvalue weighted by Gasteiger charge is -2.33. The minimum atomic E-state index is -5.73. The first-order chi connectivity index (χ1) is 9.19. The molecule has 10 heteroatoms. The third-order valence-corrected chi connectivity index (χ3v) is 4.10. The van der Waals surface area contributed by atoms with Crippen LogP contribution in [-0.4, -0.2) is 44.6 Å². The molecule has 1 spiro atoms. The second-order valence-electron chi connectivity index (χ2n) is 4.45. The van der Waals surface area contributed by atoms with Gasteiger partial charge in [0, 0.05) is 19.3 Å². The highest BCUT2D eigenvalue weighted by Gasteiger charge is 2.50. The SMILES string of the molecule is O=S(=O)(OC1=C(CO)CC2(CC1)OCCO2)C(F)(F)F. The lowest BCUT2D eigenvalue weighted by Crippen LogP contribution is -2.36. The molecule has 0 radical (unpaired) electrons. The Labute approximate surface area is 113 Å². The smallest absolute Gasteiger partial charge is 0.392 e. The summed E-state index contributed by atoms with van der Waals surface area (Å²) < 4.78 is 73.6. The Kier molecular flexibility index (Phi) is 4.02. The first-order valence-corrected chi connectivity index (χ1v) is 7.20. The number of ether oxygens (including phenoxy) is 2. The maximum atomic E-state index is 12.3. The van der Waals surface area contributed by atoms with E-state index >= 15 is 0 Å². The van der Waals surface area contributed by atoms with Crippen LogP contribution in [0.15, 0.2) is 11.3 Å². The second kappa shape index (κ2) is 5.17. The summed E-state index contributed by atoms with van der Waals surface area (Å²) in [5.41, 5.74) is -5.47. The minimum Gasteiger partial charge on any atom is -0.392 e. The number of aliphatic hydroxyl groups is 1. The fourth-order valence-corrected chi connectivity index (χ4v) is 2.72. The first-order valence-electron chi connectivity index (χ1n) is 5.79. The summed E-state index contributed by atoms with van der Waals surface area (Å²) in [4.78, 5) is 0. The van der Waals surface area contributed by atoms with E-state index in [1.807, 2.05) is 0 Å². The minimum absolute atomic E-state index is 0.0216. The molecule has 6 nitrogen and oxygen atoms in total. The van der Waals surface area contributed by atoms with Crippen molar-refractivity contribution in [2.24, 2.45) is 0 Å². The lowest BCUT2D eigenvalue weighted by molar-refractivity contribution is -0.166. The summed E-state index contributed by atoms with van der Waals surface area (Å²) in [6.45, 7) is 0.0582. The van der Waals surface area contributed by atoms with Crippen LogP contribution >= 0.6 is 0 Å². The van der Waals surface area contributed by atoms with Crippen molar-refractivity contribution >= 4 is 10.1 Å². The van der Waals surface area contributed by atoms with Gasteiger partial charge in [0.05, 0.1) is 19.8 Å². The molecule has 2 rings (SSSR count). The predicted octanol–water partition coefficient (Wildman–Crippen LogP) is 1.03. The van der Waals surface area contributed by atoms with Crippen molar-refractivity contribution in [2.45, 2.75) is 30.6 Å². The predicted molar refractivity (Wildman–Crippen MR) is 58.7 cm³/mol. The molecule has 0 amide bonds. The van der Waals surface area contributed by atoms with E-state index in [1.165, 1.54) is 0 Å². The van der Waals surface area contributed by atoms with E-state index in [0.717, 1.165) is 0 Å². The van der Waals surface area contributed by atoms with E-state index < -0.39 is 33.8 Å². The molecular formula is C10H13F3O6S. The lowest BCUT2D eigenvalue weighted by atomic mass is 9.92. The monoisotopic (exact) mass is 318 g/mol. The van der Waals surface area contributed by atoms with E-state index in [1.54, 1.807) is 0 Å². The van der Waals surface area contributed by atoms with Crippen molar-refractivity contribution < 1.29 is 40.4 Å². The highest BCUT2D eigenvalue weighted by molar-refractivity contribution is 7.87. The van der Waals surface area contributed by atoms with Gasteiger partial charge in [-0.05, 0) is 5.57 Å². The molecule has 1 saturated heterocycles. The van der Waals surface area contributed by atoms with Crippen LogP contribution in [0.5, 0.6) is 0 Å². The maximum absolute atomic E-state index is 12.3. The zero-order valence-corrected chi connectivity index (χ0v) is 11.1. The van der Waals surface area contributed by atoms with Crippen LogP contribution in [0.1, 0.15) is 19.3 Å². The molecule has 1 N–H and O–H groups in total. The van der Waals surface area contributed by atoms with Crippen LogP contribution in [0.3, 0.4) is 0 Å². The van der Waals surface area contributed by atoms with Gasteiger partial charge in [0.1, 0.15) is 5.76 Å². The fraction of sp³-hybridized carbons (Fsp3) is 0.800. The zero-order valence-electron chi connectivity index (χ0n) is 10.3. The summed E-state index contributed by atoms with van der Waals surface area (Å²) in [6.07, 6.45) is 0.0244. The molecule has 1 heterocycles. The van der Waals surface area contributed by atoms with Crippen molar-refractivity contribution in [2.75, 3.05) is 19.8 Å². The van der Waals surface area contributed by atoms with Gasteiger partial charge in [-0.15, -0.1) is 0 Å². The molecule has 116 valence electrons. The van der Waals surface area contributed by atoms with Crippen molar-refractivity contribution in [1.29, 1.82) is 0 Å². The van der Waals surface area contributed by atoms with E-state index in [0.29, 0.717) is 13.2 Å². The van der Waals surface area contributed by atoms with Gasteiger partial charge in [-0.1, -0.05) is 0 Å². The summed E-state index contributed by atoms with van der Waals surface area (Å²) in [5.74, 6) is -1.39. The first kappa shape index (κ1) is 15.5. The van der Waals surface area contributed by atoms with Gasteiger partial charge in [-0.2, -0.15) is 21.6 Å². The summed E-state index contributed by atoms with van der Waals surface area (Å²) >= 11 is 0. The Morgan fingerprint density at radius 2 is 1.90 bits per heavy atom. The molecule has 0 unspecified atom stereocenters. The Bertz CT molecular complexity index is 504. The van der Waals surface area contributed by atoms with E-state index in [-0.39, 0.29) is 24.8 Å². The molecule has 0 saturated carbocycles. The highest BCUT2D eigenvalue weighted by atomic mass is 32.2. The maximum Gasteiger partial charge on any atom is 0.534 e. The normalized spacial score (nSPS) is 23.4. The largest absolute Gasteiger partial charge is 0.534 e. The molecule has 1 aliphatic carbocycles. The summed E-state index contributed by atoms with van der Waals surface area (Å²) in [7, 11) is -5.73. The number of hydrogen-bond donors (Lipinski definition) is 1. The molecule has 1 aliphatic heterocycles. The molecular weight excluding hydrogens is 305 g/mol. The third-order valence-electron chi connectivity index (χ3n) is 3.11. The van der Waals surface area contributed by atoms with Crippen LogP contribution in [0.4, 0.5) is 13.2 Å². The van der Waals surface area contributed by atoms with Crippen LogP contribution < -0.4 is 0 Å². The van der Waals surface area contributed by atoms with Crippen molar-refractivity contribution in [3.8, 4) is 0 Å². The Hall–Kier alpha value is -0.840. The number of halogens is 3. The van der Waals surface area contributed by atoms with Gasteiger partial charge in [0.2, 0.25) is 0 Å². The molecule has 1 fully saturated rings. The summed E-state index contributed by atoms with van der Waals surface area (Å²) in [5, 5.41) is 9.18. The van der Waals surface area contributed by atoms with Gasteiger partial charge in [-0.3, -0.25) is 0 Å². The van der Waals surface area contributed by atoms with Crippen molar-refractivity contribution in [3.63, 3.8) is 0 Å². The standard InChI is InChI=1S/C10H13F3O6S/c11-10(12,13)20(15,16)19-8-1-2-9(5-7(8)6-14)17-3-4-18-9/h14H,1-6H2. The average Bonchev–Trinajstić information content (AvgIpc) is 2.78. The zero-order chi connectivity index (χ0) is 15.0. The van der Waals surface area contributed by atoms with E-state index in [2.05, 4.69) is 4.18 Å². The topological polar surface area (TPSA) is 82.1 Å². The number of allylic oxidation sites excluding steroid dienone is 1. The van der Waals surface area contributed by atoms with Crippen LogP contribution in [0.25, 0.3) is 0 Å². The van der Waals surface area contributed by atoms with Gasteiger partial charge in [-0.25, -0.2) is 0 Å². The Morgan fingerprint density at radius 3 is 2.40 bits per heavy atom. The van der Waals surface area contributed by atoms with Gasteiger partial charge >= 0.3 is 15.6 Å². The van der Waals surface area contributed by atoms with Crippen molar-refractivity contribution in [3.05, 3.63) is 11.3 Å². The molecule has 0 bridgehead atoms. The third kappa shape index (κ3) is 2.92. The molecule has 0 atom stereocenters. The molecule has 2 aliphatic rings. The number of hydrogen-bond acceptors (Lipinski definition) is 6. The quantitative estimate of drug-likeness (QED) is 0.618. The van der Waals surface area contributed by atoms with Crippen LogP contribution in [-0.2, 0) is 23.8 Å². The van der Waals surface area contributed by atoms with Gasteiger partial charge in [0.15, 0.2) is 5.79 Å². The van der Waals surface area contributed by atoms with Crippen molar-refractivity contribution in [1.82, 2.24) is 0 Å². The van der Waals surface area contributed by atoms with E-state index in [4.69, 9.17) is 9.47 Å². The average molecular weight is 318 g/mol. The van der Waals surface area contributed by atoms with Gasteiger partial charge < -0.3 is 18.8 Å². The van der Waals surface area contributed by atoms with Crippen LogP contribution in [0, 0.1) is 0 Å². The second-order valence-corrected chi connectivity index (χ2v) is 5.99. The molecule has 20 heavy (non-hydrogen) atoms. The Balaban J connectivity index is 2.21. The fourth-order valence-electron chi connectivity index (χ4n) is 2.16. The van der Waals surface area contributed by atoms with E-state index in [9.17, 15) is 26.7 Å². The number of rotatable bonds is 3. The molecule has 0 aromatic carbocycles. The molecule has 0 aromatic rings.